The second-order valence-corrected chi connectivity index (χ2v) is 6.87. The molecular weight excluding hydrogens is 346 g/mol. The minimum Gasteiger partial charge on any atom is -0.486 e. The summed E-state index contributed by atoms with van der Waals surface area (Å²) in [5.41, 5.74) is -0.156. The number of urea groups is 1. The SMILES string of the molecule is O=C1NC2(CCCCC2)C(=O)N1/N=C\c1cc(Cl)c2c(c1)OCCO2. The van der Waals surface area contributed by atoms with Crippen LogP contribution in [0.4, 0.5) is 4.79 Å². The number of halogens is 1. The van der Waals surface area contributed by atoms with Crippen molar-refractivity contribution in [3.63, 3.8) is 0 Å². The van der Waals surface area contributed by atoms with Gasteiger partial charge < -0.3 is 14.8 Å². The molecule has 1 spiro atoms. The fourth-order valence-corrected chi connectivity index (χ4v) is 3.81. The summed E-state index contributed by atoms with van der Waals surface area (Å²) in [7, 11) is 0. The number of nitrogens with zero attached hydrogens (tertiary/aromatic N) is 2. The maximum Gasteiger partial charge on any atom is 0.346 e. The van der Waals surface area contributed by atoms with Gasteiger partial charge in [-0.05, 0) is 30.5 Å². The lowest BCUT2D eigenvalue weighted by molar-refractivity contribution is -0.132. The summed E-state index contributed by atoms with van der Waals surface area (Å²) in [5, 5.41) is 8.22. The highest BCUT2D eigenvalue weighted by Crippen LogP contribution is 2.38. The number of fused-ring (bicyclic) bond motifs is 1. The third-order valence-electron chi connectivity index (χ3n) is 4.79. The maximum absolute atomic E-state index is 12.7. The molecule has 1 saturated heterocycles. The van der Waals surface area contributed by atoms with E-state index in [4.69, 9.17) is 21.1 Å². The topological polar surface area (TPSA) is 80.2 Å². The first-order valence-corrected chi connectivity index (χ1v) is 8.77. The fraction of sp³-hybridized carbons (Fsp3) is 0.471. The monoisotopic (exact) mass is 363 g/mol. The van der Waals surface area contributed by atoms with Gasteiger partial charge in [0, 0.05) is 0 Å². The predicted octanol–water partition coefficient (Wildman–Crippen LogP) is 2.70. The summed E-state index contributed by atoms with van der Waals surface area (Å²) in [6, 6.07) is 2.90. The Morgan fingerprint density at radius 3 is 2.72 bits per heavy atom. The normalized spacial score (nSPS) is 21.9. The number of amides is 3. The third-order valence-corrected chi connectivity index (χ3v) is 5.07. The van der Waals surface area contributed by atoms with Gasteiger partial charge in [-0.1, -0.05) is 30.9 Å². The summed E-state index contributed by atoms with van der Waals surface area (Å²) in [6.45, 7) is 0.893. The van der Waals surface area contributed by atoms with Gasteiger partial charge in [-0.2, -0.15) is 5.10 Å². The minimum atomic E-state index is -0.781. The molecule has 3 aliphatic rings. The summed E-state index contributed by atoms with van der Waals surface area (Å²) in [4.78, 5) is 24.9. The lowest BCUT2D eigenvalue weighted by atomic mass is 9.82. The number of imide groups is 1. The van der Waals surface area contributed by atoms with Crippen LogP contribution in [0.25, 0.3) is 0 Å². The van der Waals surface area contributed by atoms with Crippen LogP contribution < -0.4 is 14.8 Å². The van der Waals surface area contributed by atoms with E-state index in [0.29, 0.717) is 48.1 Å². The predicted molar refractivity (Wildman–Crippen MR) is 91.2 cm³/mol. The summed E-state index contributed by atoms with van der Waals surface area (Å²) < 4.78 is 11.0. The van der Waals surface area contributed by atoms with Gasteiger partial charge in [0.15, 0.2) is 11.5 Å². The quantitative estimate of drug-likeness (QED) is 0.647. The van der Waals surface area contributed by atoms with Crippen molar-refractivity contribution < 1.29 is 19.1 Å². The van der Waals surface area contributed by atoms with E-state index in [1.807, 2.05) is 0 Å². The first kappa shape index (κ1) is 16.2. The molecule has 1 aromatic rings. The van der Waals surface area contributed by atoms with E-state index in [1.54, 1.807) is 12.1 Å². The van der Waals surface area contributed by atoms with Crippen molar-refractivity contribution in [1.29, 1.82) is 0 Å². The Bertz CT molecular complexity index is 759. The number of carbonyl (C=O) groups is 2. The first-order chi connectivity index (χ1) is 12.1. The zero-order chi connectivity index (χ0) is 17.4. The Morgan fingerprint density at radius 1 is 1.16 bits per heavy atom. The molecule has 0 radical (unpaired) electrons. The molecule has 25 heavy (non-hydrogen) atoms. The molecule has 3 amide bonds. The molecule has 8 heteroatoms. The number of nitrogens with one attached hydrogen (secondary N) is 1. The van der Waals surface area contributed by atoms with Gasteiger partial charge in [0.2, 0.25) is 0 Å². The van der Waals surface area contributed by atoms with Crippen LogP contribution in [-0.4, -0.2) is 41.9 Å². The van der Waals surface area contributed by atoms with E-state index in [2.05, 4.69) is 10.4 Å². The zero-order valence-electron chi connectivity index (χ0n) is 13.6. The molecule has 1 N–H and O–H groups in total. The van der Waals surface area contributed by atoms with Crippen LogP contribution in [0, 0.1) is 0 Å². The Kier molecular flexibility index (Phi) is 4.03. The van der Waals surface area contributed by atoms with Gasteiger partial charge >= 0.3 is 6.03 Å². The number of benzene rings is 1. The Balaban J connectivity index is 1.56. The van der Waals surface area contributed by atoms with E-state index in [1.165, 1.54) is 6.21 Å². The minimum absolute atomic E-state index is 0.280. The molecule has 1 aromatic carbocycles. The molecule has 0 atom stereocenters. The van der Waals surface area contributed by atoms with Gasteiger partial charge in [-0.3, -0.25) is 4.79 Å². The second-order valence-electron chi connectivity index (χ2n) is 6.46. The van der Waals surface area contributed by atoms with E-state index >= 15 is 0 Å². The average molecular weight is 364 g/mol. The molecule has 2 fully saturated rings. The highest BCUT2D eigenvalue weighted by atomic mass is 35.5. The molecule has 0 unspecified atom stereocenters. The lowest BCUT2D eigenvalue weighted by Gasteiger charge is -2.29. The number of hydrogen-bond donors (Lipinski definition) is 1. The van der Waals surface area contributed by atoms with Crippen molar-refractivity contribution in [2.75, 3.05) is 13.2 Å². The van der Waals surface area contributed by atoms with E-state index in [-0.39, 0.29) is 5.91 Å². The Hall–Kier alpha value is -2.28. The molecule has 1 saturated carbocycles. The van der Waals surface area contributed by atoms with Crippen molar-refractivity contribution in [1.82, 2.24) is 10.3 Å². The van der Waals surface area contributed by atoms with Crippen LogP contribution in [0.3, 0.4) is 0 Å². The van der Waals surface area contributed by atoms with Crippen LogP contribution in [0.1, 0.15) is 37.7 Å². The highest BCUT2D eigenvalue weighted by Gasteiger charge is 2.51. The number of ether oxygens (including phenoxy) is 2. The summed E-state index contributed by atoms with van der Waals surface area (Å²) >= 11 is 6.19. The number of carbonyl (C=O) groups excluding carboxylic acids is 2. The summed E-state index contributed by atoms with van der Waals surface area (Å²) in [6.07, 6.45) is 5.72. The van der Waals surface area contributed by atoms with Crippen LogP contribution >= 0.6 is 11.6 Å². The van der Waals surface area contributed by atoms with Gasteiger partial charge in [0.1, 0.15) is 18.8 Å². The molecule has 7 nitrogen and oxygen atoms in total. The van der Waals surface area contributed by atoms with Crippen molar-refractivity contribution in [3.05, 3.63) is 22.7 Å². The Morgan fingerprint density at radius 2 is 1.92 bits per heavy atom. The van der Waals surface area contributed by atoms with Gasteiger partial charge in [0.05, 0.1) is 11.2 Å². The second kappa shape index (κ2) is 6.22. The molecule has 2 aliphatic heterocycles. The van der Waals surface area contributed by atoms with E-state index in [0.717, 1.165) is 24.3 Å². The highest BCUT2D eigenvalue weighted by molar-refractivity contribution is 6.32. The van der Waals surface area contributed by atoms with E-state index < -0.39 is 11.6 Å². The van der Waals surface area contributed by atoms with Crippen molar-refractivity contribution >= 4 is 29.8 Å². The number of hydrazone groups is 1. The maximum atomic E-state index is 12.7. The third kappa shape index (κ3) is 2.82. The Labute approximate surface area is 149 Å². The smallest absolute Gasteiger partial charge is 0.346 e. The van der Waals surface area contributed by atoms with Crippen LogP contribution in [0.5, 0.6) is 11.5 Å². The van der Waals surface area contributed by atoms with Crippen LogP contribution in [-0.2, 0) is 4.79 Å². The summed E-state index contributed by atoms with van der Waals surface area (Å²) in [5.74, 6) is 0.749. The zero-order valence-corrected chi connectivity index (χ0v) is 14.3. The average Bonchev–Trinajstić information content (AvgIpc) is 2.84. The molecule has 2 heterocycles. The van der Waals surface area contributed by atoms with Gasteiger partial charge in [-0.25, -0.2) is 4.79 Å². The number of hydrogen-bond acceptors (Lipinski definition) is 5. The number of rotatable bonds is 2. The van der Waals surface area contributed by atoms with E-state index in [9.17, 15) is 9.59 Å². The van der Waals surface area contributed by atoms with Gasteiger partial charge in [0.25, 0.3) is 5.91 Å². The van der Waals surface area contributed by atoms with Crippen molar-refractivity contribution in [3.8, 4) is 11.5 Å². The molecular formula is C17H18ClN3O4. The molecule has 0 aromatic heterocycles. The first-order valence-electron chi connectivity index (χ1n) is 8.39. The van der Waals surface area contributed by atoms with Crippen molar-refractivity contribution in [2.24, 2.45) is 5.10 Å². The molecule has 4 rings (SSSR count). The van der Waals surface area contributed by atoms with Gasteiger partial charge in [-0.15, -0.1) is 5.01 Å². The van der Waals surface area contributed by atoms with Crippen LogP contribution in [0.2, 0.25) is 5.02 Å². The largest absolute Gasteiger partial charge is 0.486 e. The molecule has 0 bridgehead atoms. The van der Waals surface area contributed by atoms with Crippen molar-refractivity contribution in [2.45, 2.75) is 37.6 Å². The standard InChI is InChI=1S/C17H18ClN3O4/c18-12-8-11(9-13-14(12)25-7-6-24-13)10-19-21-15(22)17(20-16(21)23)4-2-1-3-5-17/h8-10H,1-7H2,(H,20,23)/b19-10-. The fourth-order valence-electron chi connectivity index (χ4n) is 3.53. The molecule has 1 aliphatic carbocycles. The lowest BCUT2D eigenvalue weighted by Crippen LogP contribution is -2.48. The molecule has 132 valence electrons. The van der Waals surface area contributed by atoms with Crippen LogP contribution in [0.15, 0.2) is 17.2 Å².